The number of hydrogen-bond acceptors (Lipinski definition) is 3. The lowest BCUT2D eigenvalue weighted by molar-refractivity contribution is 0.0696. The molecule has 0 heterocycles. The number of carbonyl (C=O) groups excluding carboxylic acids is 2. The molecule has 1 aliphatic rings. The Morgan fingerprint density at radius 1 is 1.18 bits per heavy atom. The van der Waals surface area contributed by atoms with Crippen molar-refractivity contribution in [1.82, 2.24) is 4.90 Å². The standard InChI is InChI=1S/C17H24N2O3/c1-3-22-17(21)18-14-11-9-13(10-12-14)16(20)19(2)15-7-5-4-6-8-15/h9-12,15H,3-8H2,1-2H3,(H,18,21). The number of anilines is 1. The summed E-state index contributed by atoms with van der Waals surface area (Å²) in [7, 11) is 1.88. The number of ether oxygens (including phenoxy) is 1. The Kier molecular flexibility index (Phi) is 5.81. The van der Waals surface area contributed by atoms with Crippen LogP contribution in [0.25, 0.3) is 0 Å². The Morgan fingerprint density at radius 3 is 2.41 bits per heavy atom. The van der Waals surface area contributed by atoms with Gasteiger partial charge in [-0.1, -0.05) is 19.3 Å². The van der Waals surface area contributed by atoms with Crippen molar-refractivity contribution in [2.75, 3.05) is 19.0 Å². The van der Waals surface area contributed by atoms with E-state index in [0.29, 0.717) is 23.9 Å². The zero-order chi connectivity index (χ0) is 15.9. The average molecular weight is 304 g/mol. The molecule has 5 nitrogen and oxygen atoms in total. The van der Waals surface area contributed by atoms with E-state index in [2.05, 4.69) is 5.32 Å². The first-order valence-corrected chi connectivity index (χ1v) is 7.93. The summed E-state index contributed by atoms with van der Waals surface area (Å²) in [6.07, 6.45) is 5.36. The smallest absolute Gasteiger partial charge is 0.411 e. The van der Waals surface area contributed by atoms with Crippen LogP contribution in [0.2, 0.25) is 0 Å². The van der Waals surface area contributed by atoms with E-state index in [9.17, 15) is 9.59 Å². The Hall–Kier alpha value is -2.04. The van der Waals surface area contributed by atoms with E-state index >= 15 is 0 Å². The quantitative estimate of drug-likeness (QED) is 0.923. The molecule has 2 amide bonds. The number of rotatable bonds is 4. The van der Waals surface area contributed by atoms with Gasteiger partial charge in [-0.15, -0.1) is 0 Å². The second-order valence-electron chi connectivity index (χ2n) is 5.63. The third-order valence-electron chi connectivity index (χ3n) is 4.10. The molecule has 5 heteroatoms. The molecule has 0 spiro atoms. The summed E-state index contributed by atoms with van der Waals surface area (Å²) in [4.78, 5) is 25.7. The molecule has 22 heavy (non-hydrogen) atoms. The lowest BCUT2D eigenvalue weighted by Crippen LogP contribution is -2.38. The molecule has 120 valence electrons. The summed E-state index contributed by atoms with van der Waals surface area (Å²) in [6.45, 7) is 2.08. The predicted octanol–water partition coefficient (Wildman–Crippen LogP) is 3.66. The summed E-state index contributed by atoms with van der Waals surface area (Å²) in [6, 6.07) is 7.27. The highest BCUT2D eigenvalue weighted by molar-refractivity contribution is 5.95. The molecule has 1 fully saturated rings. The Bertz CT molecular complexity index is 507. The second kappa shape index (κ2) is 7.82. The van der Waals surface area contributed by atoms with Crippen molar-refractivity contribution in [2.24, 2.45) is 0 Å². The molecular weight excluding hydrogens is 280 g/mol. The molecule has 0 aromatic heterocycles. The fourth-order valence-corrected chi connectivity index (χ4v) is 2.82. The highest BCUT2D eigenvalue weighted by Gasteiger charge is 2.22. The molecule has 0 aliphatic heterocycles. The largest absolute Gasteiger partial charge is 0.450 e. The summed E-state index contributed by atoms with van der Waals surface area (Å²) >= 11 is 0. The van der Waals surface area contributed by atoms with Gasteiger partial charge in [-0.3, -0.25) is 10.1 Å². The molecule has 1 aliphatic carbocycles. The minimum Gasteiger partial charge on any atom is -0.450 e. The third-order valence-corrected chi connectivity index (χ3v) is 4.10. The van der Waals surface area contributed by atoms with E-state index in [1.165, 1.54) is 19.3 Å². The number of amides is 2. The highest BCUT2D eigenvalue weighted by Crippen LogP contribution is 2.23. The normalized spacial score (nSPS) is 15.2. The van der Waals surface area contributed by atoms with E-state index in [-0.39, 0.29) is 5.91 Å². The monoisotopic (exact) mass is 304 g/mol. The molecule has 1 N–H and O–H groups in total. The van der Waals surface area contributed by atoms with E-state index in [0.717, 1.165) is 12.8 Å². The lowest BCUT2D eigenvalue weighted by Gasteiger charge is -2.31. The van der Waals surface area contributed by atoms with Crippen molar-refractivity contribution >= 4 is 17.7 Å². The van der Waals surface area contributed by atoms with Gasteiger partial charge in [-0.25, -0.2) is 4.79 Å². The summed E-state index contributed by atoms with van der Waals surface area (Å²) in [5.74, 6) is 0.0367. The van der Waals surface area contributed by atoms with Gasteiger partial charge in [0.15, 0.2) is 0 Å². The van der Waals surface area contributed by atoms with Crippen molar-refractivity contribution in [3.63, 3.8) is 0 Å². The molecule has 0 bridgehead atoms. The average Bonchev–Trinajstić information content (AvgIpc) is 2.55. The zero-order valence-electron chi connectivity index (χ0n) is 13.3. The first-order valence-electron chi connectivity index (χ1n) is 7.93. The second-order valence-corrected chi connectivity index (χ2v) is 5.63. The van der Waals surface area contributed by atoms with Crippen LogP contribution in [0.15, 0.2) is 24.3 Å². The van der Waals surface area contributed by atoms with Crippen molar-refractivity contribution in [3.8, 4) is 0 Å². The van der Waals surface area contributed by atoms with Crippen LogP contribution in [-0.4, -0.2) is 36.6 Å². The molecule has 0 radical (unpaired) electrons. The third kappa shape index (κ3) is 4.23. The van der Waals surface area contributed by atoms with Gasteiger partial charge < -0.3 is 9.64 Å². The lowest BCUT2D eigenvalue weighted by atomic mass is 9.94. The first-order chi connectivity index (χ1) is 10.6. The molecule has 1 saturated carbocycles. The minimum atomic E-state index is -0.485. The minimum absolute atomic E-state index is 0.0367. The van der Waals surface area contributed by atoms with Crippen molar-refractivity contribution in [3.05, 3.63) is 29.8 Å². The topological polar surface area (TPSA) is 58.6 Å². The van der Waals surface area contributed by atoms with Crippen LogP contribution in [0.3, 0.4) is 0 Å². The van der Waals surface area contributed by atoms with Crippen LogP contribution in [0.1, 0.15) is 49.4 Å². The fraction of sp³-hybridized carbons (Fsp3) is 0.529. The van der Waals surface area contributed by atoms with Crippen LogP contribution < -0.4 is 5.32 Å². The summed E-state index contributed by atoms with van der Waals surface area (Å²) < 4.78 is 4.82. The van der Waals surface area contributed by atoms with E-state index in [4.69, 9.17) is 4.74 Å². The van der Waals surface area contributed by atoms with Crippen LogP contribution in [0, 0.1) is 0 Å². The number of carbonyl (C=O) groups is 2. The first kappa shape index (κ1) is 16.3. The van der Waals surface area contributed by atoms with E-state index < -0.39 is 6.09 Å². The highest BCUT2D eigenvalue weighted by atomic mass is 16.5. The maximum absolute atomic E-state index is 12.5. The Balaban J connectivity index is 1.96. The van der Waals surface area contributed by atoms with Gasteiger partial charge in [0.05, 0.1) is 6.61 Å². The van der Waals surface area contributed by atoms with Crippen LogP contribution >= 0.6 is 0 Å². The fourth-order valence-electron chi connectivity index (χ4n) is 2.82. The molecule has 0 atom stereocenters. The van der Waals surface area contributed by atoms with E-state index in [1.807, 2.05) is 11.9 Å². The van der Waals surface area contributed by atoms with Gasteiger partial charge in [0.2, 0.25) is 0 Å². The van der Waals surface area contributed by atoms with Crippen molar-refractivity contribution in [2.45, 2.75) is 45.1 Å². The maximum atomic E-state index is 12.5. The predicted molar refractivity (Wildman–Crippen MR) is 86.1 cm³/mol. The number of nitrogens with one attached hydrogen (secondary N) is 1. The Morgan fingerprint density at radius 2 is 1.82 bits per heavy atom. The van der Waals surface area contributed by atoms with Gasteiger partial charge in [-0.2, -0.15) is 0 Å². The van der Waals surface area contributed by atoms with Gasteiger partial charge in [-0.05, 0) is 44.0 Å². The van der Waals surface area contributed by atoms with Gasteiger partial charge in [0.25, 0.3) is 5.91 Å². The maximum Gasteiger partial charge on any atom is 0.411 e. The number of hydrogen-bond donors (Lipinski definition) is 1. The molecule has 1 aromatic carbocycles. The SMILES string of the molecule is CCOC(=O)Nc1ccc(C(=O)N(C)C2CCCCC2)cc1. The number of benzene rings is 1. The molecule has 2 rings (SSSR count). The molecule has 0 unspecified atom stereocenters. The van der Waals surface area contributed by atoms with Crippen molar-refractivity contribution in [1.29, 1.82) is 0 Å². The molecule has 1 aromatic rings. The molecule has 0 saturated heterocycles. The summed E-state index contributed by atoms with van der Waals surface area (Å²) in [5, 5.41) is 2.62. The van der Waals surface area contributed by atoms with Crippen LogP contribution in [0.4, 0.5) is 10.5 Å². The van der Waals surface area contributed by atoms with Gasteiger partial charge >= 0.3 is 6.09 Å². The summed E-state index contributed by atoms with van der Waals surface area (Å²) in [5.41, 5.74) is 1.26. The molecular formula is C17H24N2O3. The zero-order valence-corrected chi connectivity index (χ0v) is 13.3. The number of nitrogens with zero attached hydrogens (tertiary/aromatic N) is 1. The van der Waals surface area contributed by atoms with E-state index in [1.54, 1.807) is 31.2 Å². The van der Waals surface area contributed by atoms with Gasteiger partial charge in [0, 0.05) is 24.3 Å². The van der Waals surface area contributed by atoms with Crippen LogP contribution in [-0.2, 0) is 4.74 Å². The van der Waals surface area contributed by atoms with Crippen LogP contribution in [0.5, 0.6) is 0 Å². The Labute approximate surface area is 131 Å². The van der Waals surface area contributed by atoms with Gasteiger partial charge in [0.1, 0.15) is 0 Å². The van der Waals surface area contributed by atoms with Crippen molar-refractivity contribution < 1.29 is 14.3 Å².